The normalized spacial score (nSPS) is 11.0. The molecule has 0 atom stereocenters. The van der Waals surface area contributed by atoms with Gasteiger partial charge in [0.15, 0.2) is 0 Å². The SMILES string of the molecule is Cc1ccc2cccc(OCc3c(Cl)ccc(N(C)C(=O)CNC(=O)C=Cc4ccc(NC(=O)CCCBr)cc4)c3Cl)c2n1. The van der Waals surface area contributed by atoms with E-state index >= 15 is 0 Å². The second-order valence-corrected chi connectivity index (χ2v) is 11.5. The maximum Gasteiger partial charge on any atom is 0.246 e. The van der Waals surface area contributed by atoms with Crippen LogP contribution >= 0.6 is 39.1 Å². The second-order valence-electron chi connectivity index (χ2n) is 9.89. The number of hydrogen-bond acceptors (Lipinski definition) is 5. The van der Waals surface area contributed by atoms with Crippen LogP contribution in [0.4, 0.5) is 11.4 Å². The number of halogens is 3. The molecule has 8 nitrogen and oxygen atoms in total. The van der Waals surface area contributed by atoms with Gasteiger partial charge in [0.25, 0.3) is 0 Å². The fourth-order valence-electron chi connectivity index (χ4n) is 4.24. The number of carbonyl (C=O) groups excluding carboxylic acids is 3. The first-order valence-electron chi connectivity index (χ1n) is 13.8. The van der Waals surface area contributed by atoms with Crippen LogP contribution < -0.4 is 20.3 Å². The molecule has 0 aliphatic heterocycles. The number of alkyl halides is 1. The van der Waals surface area contributed by atoms with Gasteiger partial charge in [-0.25, -0.2) is 4.98 Å². The molecule has 0 saturated heterocycles. The van der Waals surface area contributed by atoms with Crippen molar-refractivity contribution in [1.82, 2.24) is 10.3 Å². The lowest BCUT2D eigenvalue weighted by atomic mass is 10.1. The zero-order chi connectivity index (χ0) is 31.6. The van der Waals surface area contributed by atoms with Crippen molar-refractivity contribution in [3.63, 3.8) is 0 Å². The maximum atomic E-state index is 12.9. The Morgan fingerprint density at radius 1 is 1.02 bits per heavy atom. The maximum absolute atomic E-state index is 12.9. The molecule has 4 rings (SSSR count). The van der Waals surface area contributed by atoms with Gasteiger partial charge in [0.2, 0.25) is 17.7 Å². The molecule has 3 amide bonds. The number of carbonyl (C=O) groups is 3. The van der Waals surface area contributed by atoms with Gasteiger partial charge in [-0.1, -0.05) is 69.5 Å². The van der Waals surface area contributed by atoms with E-state index in [0.717, 1.165) is 33.9 Å². The molecule has 0 aliphatic rings. The van der Waals surface area contributed by atoms with Crippen LogP contribution in [0.2, 0.25) is 10.0 Å². The van der Waals surface area contributed by atoms with Crippen LogP contribution in [-0.4, -0.2) is 41.6 Å². The number of aromatic nitrogens is 1. The van der Waals surface area contributed by atoms with Gasteiger partial charge >= 0.3 is 0 Å². The topological polar surface area (TPSA) is 101 Å². The average molecular weight is 698 g/mol. The van der Waals surface area contributed by atoms with E-state index in [9.17, 15) is 14.4 Å². The Balaban J connectivity index is 1.34. The molecule has 228 valence electrons. The summed E-state index contributed by atoms with van der Waals surface area (Å²) in [5.41, 5.74) is 3.99. The van der Waals surface area contributed by atoms with Gasteiger partial charge in [-0.15, -0.1) is 0 Å². The number of para-hydroxylation sites is 1. The molecule has 0 radical (unpaired) electrons. The van der Waals surface area contributed by atoms with Gasteiger partial charge in [-0.05, 0) is 61.4 Å². The van der Waals surface area contributed by atoms with Gasteiger partial charge < -0.3 is 20.3 Å². The third-order valence-corrected chi connectivity index (χ3v) is 8.01. The number of aryl methyl sites for hydroxylation is 1. The summed E-state index contributed by atoms with van der Waals surface area (Å²) in [5.74, 6) is -0.280. The highest BCUT2D eigenvalue weighted by Gasteiger charge is 2.19. The Bertz CT molecular complexity index is 1700. The summed E-state index contributed by atoms with van der Waals surface area (Å²) in [6.07, 6.45) is 4.15. The van der Waals surface area contributed by atoms with Crippen LogP contribution in [0.25, 0.3) is 17.0 Å². The summed E-state index contributed by atoms with van der Waals surface area (Å²) in [6.45, 7) is 1.73. The molecule has 0 fully saturated rings. The highest BCUT2D eigenvalue weighted by molar-refractivity contribution is 9.09. The van der Waals surface area contributed by atoms with Crippen LogP contribution in [0.1, 0.15) is 29.7 Å². The van der Waals surface area contributed by atoms with E-state index in [1.54, 1.807) is 49.5 Å². The van der Waals surface area contributed by atoms with E-state index < -0.39 is 5.91 Å². The van der Waals surface area contributed by atoms with Crippen LogP contribution in [0.3, 0.4) is 0 Å². The molecule has 11 heteroatoms. The van der Waals surface area contributed by atoms with Gasteiger partial charge in [-0.2, -0.15) is 0 Å². The van der Waals surface area contributed by atoms with Gasteiger partial charge in [0, 0.05) is 52.2 Å². The standard InChI is InChI=1S/C33H31BrCl2N4O4/c1-21-8-12-23-5-3-6-28(33(23)38-21)44-20-25-26(35)15-16-27(32(25)36)40(2)31(43)19-37-29(41)17-11-22-9-13-24(14-10-22)39-30(42)7-4-18-34/h3,5-6,8-17H,4,7,18-20H2,1-2H3,(H,37,41)(H,39,42). The summed E-state index contributed by atoms with van der Waals surface area (Å²) in [5, 5.41) is 7.80. The largest absolute Gasteiger partial charge is 0.487 e. The predicted octanol–water partition coefficient (Wildman–Crippen LogP) is 7.34. The van der Waals surface area contributed by atoms with E-state index in [2.05, 4.69) is 31.5 Å². The fourth-order valence-corrected chi connectivity index (χ4v) is 5.12. The Morgan fingerprint density at radius 3 is 2.55 bits per heavy atom. The van der Waals surface area contributed by atoms with Crippen molar-refractivity contribution in [2.75, 3.05) is 29.1 Å². The van der Waals surface area contributed by atoms with Crippen molar-refractivity contribution in [3.05, 3.63) is 99.7 Å². The molecule has 0 aliphatic carbocycles. The lowest BCUT2D eigenvalue weighted by Crippen LogP contribution is -2.37. The summed E-state index contributed by atoms with van der Waals surface area (Å²) >= 11 is 16.5. The number of anilines is 2. The molecule has 0 bridgehead atoms. The van der Waals surface area contributed by atoms with Gasteiger partial charge in [-0.3, -0.25) is 14.4 Å². The van der Waals surface area contributed by atoms with Gasteiger partial charge in [0.1, 0.15) is 17.9 Å². The number of rotatable bonds is 12. The number of pyridine rings is 1. The molecule has 4 aromatic rings. The van der Waals surface area contributed by atoms with E-state index in [0.29, 0.717) is 34.1 Å². The third-order valence-electron chi connectivity index (χ3n) is 6.67. The van der Waals surface area contributed by atoms with E-state index in [1.165, 1.54) is 11.0 Å². The first-order valence-corrected chi connectivity index (χ1v) is 15.7. The fraction of sp³-hybridized carbons (Fsp3) is 0.212. The summed E-state index contributed by atoms with van der Waals surface area (Å²) in [7, 11) is 1.57. The van der Waals surface area contributed by atoms with Gasteiger partial charge in [0.05, 0.1) is 17.3 Å². The molecule has 3 aromatic carbocycles. The molecular formula is C33H31BrCl2N4O4. The quantitative estimate of drug-likeness (QED) is 0.119. The molecule has 44 heavy (non-hydrogen) atoms. The van der Waals surface area contributed by atoms with Crippen molar-refractivity contribution in [2.45, 2.75) is 26.4 Å². The zero-order valence-electron chi connectivity index (χ0n) is 24.2. The number of amides is 3. The van der Waals surface area contributed by atoms with Crippen molar-refractivity contribution in [1.29, 1.82) is 0 Å². The second kappa shape index (κ2) is 15.7. The first-order chi connectivity index (χ1) is 21.2. The molecule has 0 spiro atoms. The molecule has 1 heterocycles. The highest BCUT2D eigenvalue weighted by atomic mass is 79.9. The number of hydrogen-bond donors (Lipinski definition) is 2. The number of ether oxygens (including phenoxy) is 1. The smallest absolute Gasteiger partial charge is 0.246 e. The number of fused-ring (bicyclic) bond motifs is 1. The molecule has 1 aromatic heterocycles. The van der Waals surface area contributed by atoms with Crippen molar-refractivity contribution in [3.8, 4) is 5.75 Å². The van der Waals surface area contributed by atoms with E-state index in [1.807, 2.05) is 37.3 Å². The number of benzene rings is 3. The van der Waals surface area contributed by atoms with Crippen molar-refractivity contribution >= 4 is 85.2 Å². The summed E-state index contributed by atoms with van der Waals surface area (Å²) in [6, 6.07) is 20.0. The number of nitrogens with zero attached hydrogens (tertiary/aromatic N) is 2. The lowest BCUT2D eigenvalue weighted by Gasteiger charge is -2.21. The zero-order valence-corrected chi connectivity index (χ0v) is 27.3. The predicted molar refractivity (Wildman–Crippen MR) is 181 cm³/mol. The van der Waals surface area contributed by atoms with Crippen LogP contribution in [-0.2, 0) is 21.0 Å². The minimum atomic E-state index is -0.436. The summed E-state index contributed by atoms with van der Waals surface area (Å²) < 4.78 is 6.08. The lowest BCUT2D eigenvalue weighted by molar-refractivity contribution is -0.122. The van der Waals surface area contributed by atoms with Crippen LogP contribution in [0.5, 0.6) is 5.75 Å². The van der Waals surface area contributed by atoms with Crippen molar-refractivity contribution in [2.24, 2.45) is 0 Å². The Kier molecular flexibility index (Phi) is 11.8. The number of likely N-dealkylation sites (N-methyl/N-ethyl adjacent to an activating group) is 1. The Labute approximate surface area is 274 Å². The van der Waals surface area contributed by atoms with E-state index in [-0.39, 0.29) is 30.0 Å². The summed E-state index contributed by atoms with van der Waals surface area (Å²) in [4.78, 5) is 43.2. The average Bonchev–Trinajstić information content (AvgIpc) is 3.02. The minimum absolute atomic E-state index is 0.0558. The monoisotopic (exact) mass is 696 g/mol. The van der Waals surface area contributed by atoms with Crippen LogP contribution in [0, 0.1) is 6.92 Å². The molecule has 2 N–H and O–H groups in total. The molecular weight excluding hydrogens is 667 g/mol. The first kappa shape index (κ1) is 33.0. The molecule has 0 saturated carbocycles. The van der Waals surface area contributed by atoms with Crippen LogP contribution in [0.15, 0.2) is 72.8 Å². The number of nitrogens with one attached hydrogen (secondary N) is 2. The minimum Gasteiger partial charge on any atom is -0.487 e. The Morgan fingerprint density at radius 2 is 1.80 bits per heavy atom. The Hall–Kier alpha value is -3.92. The van der Waals surface area contributed by atoms with Crippen molar-refractivity contribution < 1.29 is 19.1 Å². The third kappa shape index (κ3) is 8.81. The van der Waals surface area contributed by atoms with E-state index in [4.69, 9.17) is 27.9 Å². The molecule has 0 unspecified atom stereocenters. The highest BCUT2D eigenvalue weighted by Crippen LogP contribution is 2.35.